The van der Waals surface area contributed by atoms with Gasteiger partial charge < -0.3 is 14.3 Å². The molecule has 0 unspecified atom stereocenters. The summed E-state index contributed by atoms with van der Waals surface area (Å²) in [5, 5.41) is 9.45. The molecule has 0 spiro atoms. The molecule has 6 nitrogen and oxygen atoms in total. The number of nitrogens with zero attached hydrogens (tertiary/aromatic N) is 2. The minimum absolute atomic E-state index is 0.380. The zero-order chi connectivity index (χ0) is 22.5. The zero-order valence-electron chi connectivity index (χ0n) is 18.7. The Morgan fingerprint density at radius 2 is 1.94 bits per heavy atom. The Morgan fingerprint density at radius 1 is 1.16 bits per heavy atom. The second-order valence-corrected chi connectivity index (χ2v) is 8.40. The van der Waals surface area contributed by atoms with Crippen LogP contribution in [0.4, 0.5) is 0 Å². The summed E-state index contributed by atoms with van der Waals surface area (Å²) in [5.74, 6) is 1.54. The number of ether oxygens (including phenoxy) is 1. The van der Waals surface area contributed by atoms with Gasteiger partial charge in [-0.3, -0.25) is 9.69 Å². The van der Waals surface area contributed by atoms with Crippen molar-refractivity contribution in [2.24, 2.45) is 0 Å². The molecule has 6 heteroatoms. The fourth-order valence-electron chi connectivity index (χ4n) is 4.24. The highest BCUT2D eigenvalue weighted by Crippen LogP contribution is 2.25. The molecule has 3 aromatic rings. The van der Waals surface area contributed by atoms with Gasteiger partial charge in [-0.1, -0.05) is 36.8 Å². The number of rotatable bonds is 8. The Labute approximate surface area is 188 Å². The van der Waals surface area contributed by atoms with E-state index in [2.05, 4.69) is 22.9 Å². The average Bonchev–Trinajstić information content (AvgIpc) is 3.15. The molecule has 1 aliphatic heterocycles. The molecule has 0 radical (unpaired) electrons. The molecule has 168 valence electrons. The number of carbonyl (C=O) groups is 1. The van der Waals surface area contributed by atoms with Gasteiger partial charge in [0.25, 0.3) is 0 Å². The van der Waals surface area contributed by atoms with E-state index in [4.69, 9.17) is 9.15 Å². The van der Waals surface area contributed by atoms with Crippen LogP contribution in [-0.2, 0) is 17.8 Å². The summed E-state index contributed by atoms with van der Waals surface area (Å²) >= 11 is 0. The first kappa shape index (κ1) is 22.1. The van der Waals surface area contributed by atoms with E-state index in [0.29, 0.717) is 25.5 Å². The van der Waals surface area contributed by atoms with Gasteiger partial charge in [0.2, 0.25) is 5.89 Å². The van der Waals surface area contributed by atoms with Crippen molar-refractivity contribution in [2.45, 2.75) is 52.1 Å². The maximum absolute atomic E-state index is 11.5. The van der Waals surface area contributed by atoms with Gasteiger partial charge in [-0.05, 0) is 62.6 Å². The van der Waals surface area contributed by atoms with E-state index in [1.165, 1.54) is 0 Å². The van der Waals surface area contributed by atoms with Crippen molar-refractivity contribution in [3.05, 3.63) is 71.1 Å². The molecule has 1 N–H and O–H groups in total. The van der Waals surface area contributed by atoms with Gasteiger partial charge in [-0.15, -0.1) is 0 Å². The summed E-state index contributed by atoms with van der Waals surface area (Å²) in [7, 11) is 0. The molecule has 1 fully saturated rings. The highest BCUT2D eigenvalue weighted by Gasteiger charge is 2.28. The molecule has 2 aromatic carbocycles. The van der Waals surface area contributed by atoms with E-state index in [1.54, 1.807) is 0 Å². The third-order valence-electron chi connectivity index (χ3n) is 6.08. The number of carboxylic acid groups (broad SMARTS) is 1. The van der Waals surface area contributed by atoms with Gasteiger partial charge in [0.15, 0.2) is 0 Å². The van der Waals surface area contributed by atoms with E-state index < -0.39 is 5.97 Å². The lowest BCUT2D eigenvalue weighted by Crippen LogP contribution is -2.43. The molecule has 2 heterocycles. The molecule has 1 aliphatic rings. The Morgan fingerprint density at radius 3 is 2.69 bits per heavy atom. The Balaban J connectivity index is 1.31. The van der Waals surface area contributed by atoms with E-state index in [0.717, 1.165) is 59.7 Å². The number of aliphatic carboxylic acids is 1. The first-order valence-corrected chi connectivity index (χ1v) is 11.2. The SMILES string of the molecule is Cc1ccccc1-c1nc(CCOc2ccc(CN3CCCC[C@H]3C(=O)O)cc2)c(C)o1. The van der Waals surface area contributed by atoms with Crippen LogP contribution < -0.4 is 4.74 Å². The van der Waals surface area contributed by atoms with Crippen LogP contribution in [0.25, 0.3) is 11.5 Å². The average molecular weight is 435 g/mol. The number of aryl methyl sites for hydroxylation is 2. The number of benzene rings is 2. The second kappa shape index (κ2) is 10.0. The van der Waals surface area contributed by atoms with Gasteiger partial charge in [-0.25, -0.2) is 4.98 Å². The largest absolute Gasteiger partial charge is 0.493 e. The molecule has 0 bridgehead atoms. The standard InChI is InChI=1S/C26H30N2O4/c1-18-7-3-4-8-22(18)25-27-23(19(2)32-25)14-16-31-21-12-10-20(11-13-21)17-28-15-6-5-9-24(28)26(29)30/h3-4,7-8,10-13,24H,5-6,9,14-17H2,1-2H3,(H,29,30)/t24-/m0/s1. The Kier molecular flexibility index (Phi) is 6.90. The molecule has 0 aliphatic carbocycles. The van der Waals surface area contributed by atoms with Crippen LogP contribution in [0.5, 0.6) is 5.75 Å². The number of oxazole rings is 1. The monoisotopic (exact) mass is 434 g/mol. The van der Waals surface area contributed by atoms with Crippen molar-refractivity contribution in [2.75, 3.05) is 13.2 Å². The van der Waals surface area contributed by atoms with Crippen LogP contribution in [0.15, 0.2) is 52.9 Å². The molecule has 1 aromatic heterocycles. The lowest BCUT2D eigenvalue weighted by Gasteiger charge is -2.32. The summed E-state index contributed by atoms with van der Waals surface area (Å²) in [5.41, 5.74) is 4.15. The van der Waals surface area contributed by atoms with Gasteiger partial charge in [-0.2, -0.15) is 0 Å². The molecule has 4 rings (SSSR count). The summed E-state index contributed by atoms with van der Waals surface area (Å²) < 4.78 is 11.8. The van der Waals surface area contributed by atoms with Crippen LogP contribution in [0.1, 0.15) is 41.8 Å². The molecule has 0 amide bonds. The van der Waals surface area contributed by atoms with Crippen molar-refractivity contribution in [1.82, 2.24) is 9.88 Å². The topological polar surface area (TPSA) is 75.8 Å². The minimum atomic E-state index is -0.724. The predicted octanol–water partition coefficient (Wildman–Crippen LogP) is 5.02. The number of aromatic nitrogens is 1. The summed E-state index contributed by atoms with van der Waals surface area (Å²) in [4.78, 5) is 18.2. The van der Waals surface area contributed by atoms with Crippen molar-refractivity contribution >= 4 is 5.97 Å². The van der Waals surface area contributed by atoms with Crippen LogP contribution >= 0.6 is 0 Å². The number of likely N-dealkylation sites (tertiary alicyclic amines) is 1. The number of hydrogen-bond acceptors (Lipinski definition) is 5. The van der Waals surface area contributed by atoms with Crippen LogP contribution in [-0.4, -0.2) is 40.2 Å². The summed E-state index contributed by atoms with van der Waals surface area (Å²) in [6, 6.07) is 15.6. The highest BCUT2D eigenvalue weighted by molar-refractivity contribution is 5.73. The Hall–Kier alpha value is -3.12. The van der Waals surface area contributed by atoms with Crippen LogP contribution in [0.3, 0.4) is 0 Å². The smallest absolute Gasteiger partial charge is 0.320 e. The molecular weight excluding hydrogens is 404 g/mol. The lowest BCUT2D eigenvalue weighted by atomic mass is 10.0. The first-order chi connectivity index (χ1) is 15.5. The maximum atomic E-state index is 11.5. The Bertz CT molecular complexity index is 1060. The maximum Gasteiger partial charge on any atom is 0.320 e. The molecule has 32 heavy (non-hydrogen) atoms. The number of piperidine rings is 1. The second-order valence-electron chi connectivity index (χ2n) is 8.40. The van der Waals surface area contributed by atoms with Crippen molar-refractivity contribution in [3.8, 4) is 17.2 Å². The number of carboxylic acids is 1. The van der Waals surface area contributed by atoms with E-state index in [1.807, 2.05) is 49.4 Å². The summed E-state index contributed by atoms with van der Waals surface area (Å²) in [6.07, 6.45) is 3.43. The van der Waals surface area contributed by atoms with Gasteiger partial charge in [0.05, 0.1) is 12.3 Å². The van der Waals surface area contributed by atoms with E-state index in [9.17, 15) is 9.90 Å². The fourth-order valence-corrected chi connectivity index (χ4v) is 4.24. The molecule has 1 atom stereocenters. The van der Waals surface area contributed by atoms with E-state index >= 15 is 0 Å². The van der Waals surface area contributed by atoms with Crippen molar-refractivity contribution < 1.29 is 19.1 Å². The molecule has 1 saturated heterocycles. The lowest BCUT2D eigenvalue weighted by molar-refractivity contribution is -0.144. The summed E-state index contributed by atoms with van der Waals surface area (Å²) in [6.45, 7) is 5.97. The first-order valence-electron chi connectivity index (χ1n) is 11.2. The number of hydrogen-bond donors (Lipinski definition) is 1. The fraction of sp³-hybridized carbons (Fsp3) is 0.385. The van der Waals surface area contributed by atoms with Crippen LogP contribution in [0, 0.1) is 13.8 Å². The third-order valence-corrected chi connectivity index (χ3v) is 6.08. The minimum Gasteiger partial charge on any atom is -0.493 e. The van der Waals surface area contributed by atoms with Gasteiger partial charge >= 0.3 is 5.97 Å². The molecule has 0 saturated carbocycles. The van der Waals surface area contributed by atoms with Gasteiger partial charge in [0, 0.05) is 18.5 Å². The normalized spacial score (nSPS) is 16.8. The highest BCUT2D eigenvalue weighted by atomic mass is 16.5. The van der Waals surface area contributed by atoms with Crippen molar-refractivity contribution in [1.29, 1.82) is 0 Å². The quantitative estimate of drug-likeness (QED) is 0.537. The predicted molar refractivity (Wildman–Crippen MR) is 123 cm³/mol. The molecular formula is C26H30N2O4. The van der Waals surface area contributed by atoms with E-state index in [-0.39, 0.29) is 6.04 Å². The third kappa shape index (κ3) is 5.19. The van der Waals surface area contributed by atoms with Crippen LogP contribution in [0.2, 0.25) is 0 Å². The zero-order valence-corrected chi connectivity index (χ0v) is 18.7. The van der Waals surface area contributed by atoms with Gasteiger partial charge in [0.1, 0.15) is 17.6 Å². The van der Waals surface area contributed by atoms with Crippen molar-refractivity contribution in [3.63, 3.8) is 0 Å².